The molecule has 22 heavy (non-hydrogen) atoms. The van der Waals surface area contributed by atoms with Gasteiger partial charge in [0.15, 0.2) is 9.84 Å². The van der Waals surface area contributed by atoms with Crippen molar-refractivity contribution in [2.24, 2.45) is 0 Å². The van der Waals surface area contributed by atoms with Gasteiger partial charge in [0, 0.05) is 15.3 Å². The Labute approximate surface area is 137 Å². The Morgan fingerprint density at radius 1 is 1.18 bits per heavy atom. The van der Waals surface area contributed by atoms with Gasteiger partial charge in [-0.15, -0.1) is 11.3 Å². The zero-order valence-corrected chi connectivity index (χ0v) is 13.7. The highest BCUT2D eigenvalue weighted by Gasteiger charge is 2.23. The van der Waals surface area contributed by atoms with Crippen molar-refractivity contribution in [3.8, 4) is 10.4 Å². The van der Waals surface area contributed by atoms with Gasteiger partial charge in [-0.1, -0.05) is 23.7 Å². The number of carbonyl (C=O) groups excluding carboxylic acids is 1. The first kappa shape index (κ1) is 15.3. The second-order valence-corrected chi connectivity index (χ2v) is 8.36. The van der Waals surface area contributed by atoms with Crippen molar-refractivity contribution in [1.29, 1.82) is 0 Å². The van der Waals surface area contributed by atoms with E-state index in [9.17, 15) is 13.2 Å². The highest BCUT2D eigenvalue weighted by Crippen LogP contribution is 2.29. The van der Waals surface area contributed by atoms with E-state index < -0.39 is 15.9 Å². The summed E-state index contributed by atoms with van der Waals surface area (Å²) in [5, 5.41) is 4.51. The van der Waals surface area contributed by atoms with Crippen LogP contribution < -0.4 is 5.32 Å². The summed E-state index contributed by atoms with van der Waals surface area (Å²) in [6.07, 6.45) is 1.50. The summed E-state index contributed by atoms with van der Waals surface area (Å²) in [7, 11) is -3.17. The van der Waals surface area contributed by atoms with Crippen LogP contribution in [-0.4, -0.2) is 26.1 Å². The average Bonchev–Trinajstić information content (AvgIpc) is 3.06. The summed E-state index contributed by atoms with van der Waals surface area (Å²) in [6, 6.07) is 10.5. The number of sulfone groups is 1. The Morgan fingerprint density at radius 2 is 1.91 bits per heavy atom. The van der Waals surface area contributed by atoms with Crippen molar-refractivity contribution in [3.63, 3.8) is 0 Å². The number of carbonyl (C=O) groups is 1. The molecule has 0 bridgehead atoms. The molecule has 1 atom stereocenters. The summed E-state index contributed by atoms with van der Waals surface area (Å²) in [5.74, 6) is -0.342. The Bertz CT molecular complexity index is 838. The molecule has 0 aliphatic carbocycles. The maximum atomic E-state index is 12.2. The quantitative estimate of drug-likeness (QED) is 0.922. The van der Waals surface area contributed by atoms with Crippen molar-refractivity contribution >= 4 is 38.7 Å². The minimum Gasteiger partial charge on any atom is -0.344 e. The van der Waals surface area contributed by atoms with Crippen molar-refractivity contribution < 1.29 is 13.2 Å². The van der Waals surface area contributed by atoms with Crippen LogP contribution in [0.5, 0.6) is 0 Å². The van der Waals surface area contributed by atoms with E-state index in [4.69, 9.17) is 11.6 Å². The molecular formula is C15H12ClNO3S2. The number of thiophene rings is 1. The maximum absolute atomic E-state index is 12.2. The Morgan fingerprint density at radius 3 is 2.55 bits per heavy atom. The van der Waals surface area contributed by atoms with Gasteiger partial charge in [-0.05, 0) is 35.9 Å². The molecule has 0 fully saturated rings. The van der Waals surface area contributed by atoms with Crippen LogP contribution >= 0.6 is 22.9 Å². The van der Waals surface area contributed by atoms with Crippen LogP contribution in [0.4, 0.5) is 0 Å². The van der Waals surface area contributed by atoms with E-state index in [1.54, 1.807) is 18.2 Å². The normalized spacial score (nSPS) is 19.2. The first-order chi connectivity index (χ1) is 10.4. The van der Waals surface area contributed by atoms with E-state index >= 15 is 0 Å². The van der Waals surface area contributed by atoms with Crippen LogP contribution in [0.2, 0.25) is 5.02 Å². The monoisotopic (exact) mass is 353 g/mol. The van der Waals surface area contributed by atoms with E-state index in [1.165, 1.54) is 17.4 Å². The smallest absolute Gasteiger partial charge is 0.261 e. The van der Waals surface area contributed by atoms with Gasteiger partial charge in [0.1, 0.15) is 0 Å². The van der Waals surface area contributed by atoms with Gasteiger partial charge in [-0.3, -0.25) is 4.79 Å². The lowest BCUT2D eigenvalue weighted by molar-refractivity contribution is 0.0952. The molecule has 114 valence electrons. The molecule has 0 saturated carbocycles. The molecule has 1 aliphatic heterocycles. The van der Waals surface area contributed by atoms with Gasteiger partial charge in [0.25, 0.3) is 5.91 Å². The zero-order chi connectivity index (χ0) is 15.7. The van der Waals surface area contributed by atoms with Crippen molar-refractivity contribution in [3.05, 3.63) is 57.8 Å². The molecule has 1 aromatic carbocycles. The minimum atomic E-state index is -3.17. The van der Waals surface area contributed by atoms with Gasteiger partial charge in [-0.2, -0.15) is 0 Å². The lowest BCUT2D eigenvalue weighted by Gasteiger charge is -2.08. The molecule has 0 saturated heterocycles. The molecule has 2 heterocycles. The van der Waals surface area contributed by atoms with E-state index in [0.717, 1.165) is 15.8 Å². The number of amides is 1. The molecule has 1 aliphatic rings. The molecule has 1 amide bonds. The third-order valence-electron chi connectivity index (χ3n) is 3.21. The molecule has 1 unspecified atom stereocenters. The lowest BCUT2D eigenvalue weighted by atomic mass is 10.2. The molecule has 0 radical (unpaired) electrons. The Balaban J connectivity index is 1.72. The SMILES string of the molecule is O=C(NC1C=CS(=O)(=O)C1)c1ccc(-c2ccc(Cl)cc2)s1. The van der Waals surface area contributed by atoms with E-state index in [0.29, 0.717) is 9.90 Å². The third kappa shape index (κ3) is 3.40. The van der Waals surface area contributed by atoms with E-state index in [-0.39, 0.29) is 11.7 Å². The van der Waals surface area contributed by atoms with Crippen molar-refractivity contribution in [1.82, 2.24) is 5.32 Å². The standard InChI is InChI=1S/C15H12ClNO3S2/c16-11-3-1-10(2-4-11)13-5-6-14(21-13)15(18)17-12-7-8-22(19,20)9-12/h1-8,12H,9H2,(H,17,18). The summed E-state index contributed by atoms with van der Waals surface area (Å²) in [6.45, 7) is 0. The topological polar surface area (TPSA) is 63.2 Å². The van der Waals surface area contributed by atoms with Crippen molar-refractivity contribution in [2.45, 2.75) is 6.04 Å². The summed E-state index contributed by atoms with van der Waals surface area (Å²) in [4.78, 5) is 13.7. The predicted molar refractivity (Wildman–Crippen MR) is 88.9 cm³/mol. The zero-order valence-electron chi connectivity index (χ0n) is 11.3. The van der Waals surface area contributed by atoms with Gasteiger partial charge < -0.3 is 5.32 Å². The van der Waals surface area contributed by atoms with Gasteiger partial charge in [0.05, 0.1) is 16.7 Å². The number of hydrogen-bond acceptors (Lipinski definition) is 4. The maximum Gasteiger partial charge on any atom is 0.261 e. The second kappa shape index (κ2) is 5.87. The largest absolute Gasteiger partial charge is 0.344 e. The van der Waals surface area contributed by atoms with Crippen LogP contribution in [-0.2, 0) is 9.84 Å². The van der Waals surface area contributed by atoms with E-state index in [1.807, 2.05) is 18.2 Å². The molecule has 4 nitrogen and oxygen atoms in total. The number of benzene rings is 1. The molecule has 2 aromatic rings. The predicted octanol–water partition coefficient (Wildman–Crippen LogP) is 3.11. The number of halogens is 1. The highest BCUT2D eigenvalue weighted by atomic mass is 35.5. The van der Waals surface area contributed by atoms with Gasteiger partial charge in [0.2, 0.25) is 0 Å². The van der Waals surface area contributed by atoms with Crippen LogP contribution in [0.1, 0.15) is 9.67 Å². The molecule has 3 rings (SSSR count). The van der Waals surface area contributed by atoms with Crippen LogP contribution in [0.25, 0.3) is 10.4 Å². The summed E-state index contributed by atoms with van der Waals surface area (Å²) in [5.41, 5.74) is 0.983. The van der Waals surface area contributed by atoms with Gasteiger partial charge in [-0.25, -0.2) is 8.42 Å². The Hall–Kier alpha value is -1.63. The molecular weight excluding hydrogens is 342 g/mol. The fraction of sp³-hybridized carbons (Fsp3) is 0.133. The molecule has 1 N–H and O–H groups in total. The minimum absolute atomic E-state index is 0.0752. The fourth-order valence-electron chi connectivity index (χ4n) is 2.13. The lowest BCUT2D eigenvalue weighted by Crippen LogP contribution is -2.35. The molecule has 1 aromatic heterocycles. The average molecular weight is 354 g/mol. The highest BCUT2D eigenvalue weighted by molar-refractivity contribution is 7.94. The third-order valence-corrected chi connectivity index (χ3v) is 5.99. The summed E-state index contributed by atoms with van der Waals surface area (Å²) >= 11 is 7.21. The fourth-order valence-corrected chi connectivity index (χ4v) is 4.41. The number of hydrogen-bond donors (Lipinski definition) is 1. The van der Waals surface area contributed by atoms with Crippen LogP contribution in [0.3, 0.4) is 0 Å². The van der Waals surface area contributed by atoms with Crippen LogP contribution in [0, 0.1) is 0 Å². The number of nitrogens with one attached hydrogen (secondary N) is 1. The molecule has 0 spiro atoms. The summed E-state index contributed by atoms with van der Waals surface area (Å²) < 4.78 is 22.7. The number of rotatable bonds is 3. The first-order valence-electron chi connectivity index (χ1n) is 6.50. The van der Waals surface area contributed by atoms with Crippen molar-refractivity contribution in [2.75, 3.05) is 5.75 Å². The van der Waals surface area contributed by atoms with Gasteiger partial charge >= 0.3 is 0 Å². The first-order valence-corrected chi connectivity index (χ1v) is 9.41. The second-order valence-electron chi connectivity index (χ2n) is 4.91. The van der Waals surface area contributed by atoms with E-state index in [2.05, 4.69) is 5.32 Å². The van der Waals surface area contributed by atoms with Crippen LogP contribution in [0.15, 0.2) is 47.9 Å². The Kier molecular flexibility index (Phi) is 4.08. The molecule has 7 heteroatoms.